The lowest BCUT2D eigenvalue weighted by Gasteiger charge is -2.27. The first kappa shape index (κ1) is 34.2. The van der Waals surface area contributed by atoms with Gasteiger partial charge in [0.25, 0.3) is 0 Å². The van der Waals surface area contributed by atoms with E-state index in [0.717, 1.165) is 40.0 Å². The van der Waals surface area contributed by atoms with Gasteiger partial charge in [0.1, 0.15) is 11.5 Å². The van der Waals surface area contributed by atoms with Gasteiger partial charge in [-0.05, 0) is 97.9 Å². The Hall–Kier alpha value is -4.18. The van der Waals surface area contributed by atoms with Crippen LogP contribution in [0.25, 0.3) is 11.1 Å². The van der Waals surface area contributed by atoms with Crippen LogP contribution < -0.4 is 0 Å². The van der Waals surface area contributed by atoms with E-state index in [2.05, 4.69) is 132 Å². The second-order valence-corrected chi connectivity index (χ2v) is 17.3. The van der Waals surface area contributed by atoms with E-state index in [0.29, 0.717) is 11.5 Å². The van der Waals surface area contributed by atoms with Crippen LogP contribution >= 0.6 is 0 Å². The van der Waals surface area contributed by atoms with Crippen LogP contribution in [0.2, 0.25) is 0 Å². The molecule has 1 aliphatic rings. The number of aromatic hydroxyl groups is 2. The first-order valence-electron chi connectivity index (χ1n) is 16.7. The molecule has 0 radical (unpaired) electrons. The highest BCUT2D eigenvalue weighted by molar-refractivity contribution is 5.89. The molecule has 0 aliphatic heterocycles. The van der Waals surface area contributed by atoms with Gasteiger partial charge in [-0.25, -0.2) is 0 Å². The summed E-state index contributed by atoms with van der Waals surface area (Å²) in [6, 6.07) is 21.1. The summed E-state index contributed by atoms with van der Waals surface area (Å²) in [5, 5.41) is 22.4. The standard InChI is InChI=1S/C43H52N2O2/c1-40(2,3)30-18-28(38(46)36(22-30)42(7,8)9)24-44-32-13-15-34-26(20-32)17-27-21-33(14-16-35(27)34)45-25-29-19-31(41(4,5)6)23-37(39(29)47)43(10,11)12/h13-16,18-25,46-47H,17H2,1-12H3. The Balaban J connectivity index is 1.42. The zero-order valence-electron chi connectivity index (χ0n) is 30.4. The van der Waals surface area contributed by atoms with E-state index in [1.165, 1.54) is 33.4 Å². The molecular formula is C43H52N2O2. The summed E-state index contributed by atoms with van der Waals surface area (Å²) >= 11 is 0. The number of nitrogens with zero attached hydrogens (tertiary/aromatic N) is 2. The second-order valence-electron chi connectivity index (χ2n) is 17.3. The molecule has 0 heterocycles. The van der Waals surface area contributed by atoms with Crippen LogP contribution in [0.15, 0.2) is 70.6 Å². The molecule has 0 atom stereocenters. The highest BCUT2D eigenvalue weighted by Crippen LogP contribution is 2.42. The fraction of sp³-hybridized carbons (Fsp3) is 0.395. The molecule has 0 bridgehead atoms. The zero-order chi connectivity index (χ0) is 34.7. The Labute approximate surface area is 282 Å². The third kappa shape index (κ3) is 7.22. The quantitative estimate of drug-likeness (QED) is 0.194. The second kappa shape index (κ2) is 11.8. The monoisotopic (exact) mass is 628 g/mol. The molecule has 2 N–H and O–H groups in total. The molecule has 4 heteroatoms. The average molecular weight is 629 g/mol. The number of aliphatic imine (C=N–C) groups is 2. The zero-order valence-corrected chi connectivity index (χ0v) is 30.4. The van der Waals surface area contributed by atoms with Crippen LogP contribution in [-0.2, 0) is 28.1 Å². The SMILES string of the molecule is CC(C)(C)c1cc(C=Nc2ccc3c(c2)Cc2cc(N=Cc4cc(C(C)(C)C)cc(C(C)(C)C)c4O)ccc2-3)c(O)c(C(C)(C)C)c1. The average Bonchev–Trinajstić information content (AvgIpc) is 3.30. The van der Waals surface area contributed by atoms with Crippen molar-refractivity contribution in [2.75, 3.05) is 0 Å². The van der Waals surface area contributed by atoms with Crippen molar-refractivity contribution >= 4 is 23.8 Å². The summed E-state index contributed by atoms with van der Waals surface area (Å²) < 4.78 is 0. The van der Waals surface area contributed by atoms with Gasteiger partial charge in [-0.1, -0.05) is 107 Å². The summed E-state index contributed by atoms with van der Waals surface area (Å²) in [5.41, 5.74) is 11.8. The van der Waals surface area contributed by atoms with Gasteiger partial charge in [0.15, 0.2) is 0 Å². The van der Waals surface area contributed by atoms with Gasteiger partial charge in [0, 0.05) is 34.7 Å². The highest BCUT2D eigenvalue weighted by atomic mass is 16.3. The first-order valence-corrected chi connectivity index (χ1v) is 16.7. The van der Waals surface area contributed by atoms with Gasteiger partial charge in [-0.2, -0.15) is 0 Å². The maximum absolute atomic E-state index is 11.2. The third-order valence-corrected chi connectivity index (χ3v) is 9.18. The summed E-state index contributed by atoms with van der Waals surface area (Å²) in [4.78, 5) is 9.66. The molecule has 0 unspecified atom stereocenters. The van der Waals surface area contributed by atoms with E-state index in [1.54, 1.807) is 12.4 Å². The number of benzene rings is 4. The van der Waals surface area contributed by atoms with Gasteiger partial charge < -0.3 is 10.2 Å². The minimum absolute atomic E-state index is 0.0508. The maximum atomic E-state index is 11.2. The van der Waals surface area contributed by atoms with Crippen molar-refractivity contribution in [2.24, 2.45) is 9.98 Å². The summed E-state index contributed by atoms with van der Waals surface area (Å²) in [6.07, 6.45) is 4.40. The predicted molar refractivity (Wildman–Crippen MR) is 200 cm³/mol. The molecule has 47 heavy (non-hydrogen) atoms. The van der Waals surface area contributed by atoms with Crippen LogP contribution in [0.1, 0.15) is 128 Å². The van der Waals surface area contributed by atoms with Gasteiger partial charge in [0.05, 0.1) is 11.4 Å². The summed E-state index contributed by atoms with van der Waals surface area (Å²) in [5.74, 6) is 0.591. The molecule has 1 aliphatic carbocycles. The van der Waals surface area contributed by atoms with Crippen LogP contribution in [0.4, 0.5) is 11.4 Å². The molecule has 0 fully saturated rings. The van der Waals surface area contributed by atoms with Crippen LogP contribution in [-0.4, -0.2) is 22.6 Å². The van der Waals surface area contributed by atoms with Gasteiger partial charge in [-0.3, -0.25) is 9.98 Å². The summed E-state index contributed by atoms with van der Waals surface area (Å²) in [6.45, 7) is 25.9. The molecule has 4 aromatic carbocycles. The number of phenolic OH excluding ortho intramolecular Hbond substituents is 2. The third-order valence-electron chi connectivity index (χ3n) is 9.18. The topological polar surface area (TPSA) is 65.2 Å². The Morgan fingerprint density at radius 1 is 0.489 bits per heavy atom. The molecule has 5 rings (SSSR count). The first-order chi connectivity index (χ1) is 21.6. The van der Waals surface area contributed by atoms with Gasteiger partial charge >= 0.3 is 0 Å². The highest BCUT2D eigenvalue weighted by Gasteiger charge is 2.26. The molecule has 0 aromatic heterocycles. The Kier molecular flexibility index (Phi) is 8.58. The van der Waals surface area contributed by atoms with E-state index < -0.39 is 0 Å². The number of hydrogen-bond donors (Lipinski definition) is 2. The van der Waals surface area contributed by atoms with Crippen molar-refractivity contribution in [3.8, 4) is 22.6 Å². The minimum Gasteiger partial charge on any atom is -0.507 e. The minimum atomic E-state index is -0.192. The van der Waals surface area contributed by atoms with Crippen molar-refractivity contribution in [1.29, 1.82) is 0 Å². The van der Waals surface area contributed by atoms with E-state index in [-0.39, 0.29) is 21.7 Å². The van der Waals surface area contributed by atoms with Crippen LogP contribution in [0.3, 0.4) is 0 Å². The number of hydrogen-bond acceptors (Lipinski definition) is 4. The van der Waals surface area contributed by atoms with E-state index >= 15 is 0 Å². The molecule has 0 amide bonds. The van der Waals surface area contributed by atoms with E-state index in [4.69, 9.17) is 9.98 Å². The maximum Gasteiger partial charge on any atom is 0.128 e. The van der Waals surface area contributed by atoms with Crippen molar-refractivity contribution in [1.82, 2.24) is 0 Å². The smallest absolute Gasteiger partial charge is 0.128 e. The molecule has 246 valence electrons. The van der Waals surface area contributed by atoms with Crippen molar-refractivity contribution in [3.63, 3.8) is 0 Å². The predicted octanol–water partition coefficient (Wildman–Crippen LogP) is 11.4. The van der Waals surface area contributed by atoms with Crippen molar-refractivity contribution < 1.29 is 10.2 Å². The Morgan fingerprint density at radius 2 is 0.851 bits per heavy atom. The van der Waals surface area contributed by atoms with E-state index in [1.807, 2.05) is 12.1 Å². The largest absolute Gasteiger partial charge is 0.507 e. The molecule has 0 saturated carbocycles. The van der Waals surface area contributed by atoms with Crippen molar-refractivity contribution in [2.45, 2.75) is 111 Å². The molecular weight excluding hydrogens is 576 g/mol. The lowest BCUT2D eigenvalue weighted by Crippen LogP contribution is -2.17. The lowest BCUT2D eigenvalue weighted by molar-refractivity contribution is 0.443. The van der Waals surface area contributed by atoms with E-state index in [9.17, 15) is 10.2 Å². The fourth-order valence-electron chi connectivity index (χ4n) is 6.15. The summed E-state index contributed by atoms with van der Waals surface area (Å²) in [7, 11) is 0. The molecule has 0 spiro atoms. The van der Waals surface area contributed by atoms with Gasteiger partial charge in [-0.15, -0.1) is 0 Å². The Morgan fingerprint density at radius 3 is 1.17 bits per heavy atom. The molecule has 0 saturated heterocycles. The number of fused-ring (bicyclic) bond motifs is 3. The molecule has 4 aromatic rings. The van der Waals surface area contributed by atoms with Crippen LogP contribution in [0.5, 0.6) is 11.5 Å². The Bertz CT molecular complexity index is 1760. The van der Waals surface area contributed by atoms with Crippen molar-refractivity contribution in [3.05, 3.63) is 105 Å². The van der Waals surface area contributed by atoms with Crippen LogP contribution in [0, 0.1) is 0 Å². The van der Waals surface area contributed by atoms with Gasteiger partial charge in [0.2, 0.25) is 0 Å². The number of phenols is 2. The number of rotatable bonds is 4. The fourth-order valence-corrected chi connectivity index (χ4v) is 6.15. The normalized spacial score (nSPS) is 13.9. The molecule has 4 nitrogen and oxygen atoms in total. The lowest BCUT2D eigenvalue weighted by atomic mass is 9.79.